The van der Waals surface area contributed by atoms with Gasteiger partial charge in [-0.15, -0.1) is 0 Å². The van der Waals surface area contributed by atoms with Gasteiger partial charge in [-0.2, -0.15) is 5.10 Å². The zero-order valence-corrected chi connectivity index (χ0v) is 16.3. The molecule has 1 aromatic rings. The van der Waals surface area contributed by atoms with Crippen LogP contribution in [0.4, 0.5) is 4.79 Å². The number of piperidine rings is 1. The van der Waals surface area contributed by atoms with Crippen molar-refractivity contribution in [2.24, 2.45) is 10.9 Å². The van der Waals surface area contributed by atoms with Crippen molar-refractivity contribution in [2.45, 2.75) is 45.7 Å². The normalized spacial score (nSPS) is 24.1. The van der Waals surface area contributed by atoms with Crippen molar-refractivity contribution in [1.29, 1.82) is 0 Å². The molecule has 2 fully saturated rings. The summed E-state index contributed by atoms with van der Waals surface area (Å²) in [6.45, 7) is 9.69. The summed E-state index contributed by atoms with van der Waals surface area (Å²) in [4.78, 5) is 30.6. The summed E-state index contributed by atoms with van der Waals surface area (Å²) >= 11 is 0. The molecule has 0 aliphatic carbocycles. The van der Waals surface area contributed by atoms with Crippen LogP contribution in [0.15, 0.2) is 17.4 Å². The van der Waals surface area contributed by atoms with Gasteiger partial charge in [0.05, 0.1) is 19.3 Å². The smallest absolute Gasteiger partial charge is 0.322 e. The van der Waals surface area contributed by atoms with Gasteiger partial charge >= 0.3 is 6.03 Å². The molecule has 3 heterocycles. The second-order valence-corrected chi connectivity index (χ2v) is 7.39. The summed E-state index contributed by atoms with van der Waals surface area (Å²) in [7, 11) is 0. The predicted octanol–water partition coefficient (Wildman–Crippen LogP) is 0.467. The fraction of sp³-hybridized carbons (Fsp3) is 0.667. The predicted molar refractivity (Wildman–Crippen MR) is 102 cm³/mol. The zero-order valence-electron chi connectivity index (χ0n) is 16.3. The lowest BCUT2D eigenvalue weighted by Gasteiger charge is -2.39. The Balaban J connectivity index is 1.57. The summed E-state index contributed by atoms with van der Waals surface area (Å²) in [5.74, 6) is 0.793. The summed E-state index contributed by atoms with van der Waals surface area (Å²) in [6.07, 6.45) is 5.51. The molecular weight excluding hydrogens is 346 g/mol. The van der Waals surface area contributed by atoms with Gasteiger partial charge in [-0.1, -0.05) is 0 Å². The Morgan fingerprint density at radius 1 is 1.41 bits per heavy atom. The van der Waals surface area contributed by atoms with Crippen LogP contribution in [0.2, 0.25) is 0 Å². The Bertz CT molecular complexity index is 721. The molecule has 3 N–H and O–H groups in total. The fourth-order valence-electron chi connectivity index (χ4n) is 3.79. The molecule has 2 saturated heterocycles. The lowest BCUT2D eigenvalue weighted by molar-refractivity contribution is -0.125. The lowest BCUT2D eigenvalue weighted by Crippen LogP contribution is -2.55. The highest BCUT2D eigenvalue weighted by molar-refractivity contribution is 6.07. The largest absolute Gasteiger partial charge is 0.357 e. The van der Waals surface area contributed by atoms with E-state index in [1.807, 2.05) is 30.9 Å². The van der Waals surface area contributed by atoms with E-state index >= 15 is 0 Å². The average Bonchev–Trinajstić information content (AvgIpc) is 3.17. The maximum Gasteiger partial charge on any atom is 0.322 e. The molecule has 1 aromatic heterocycles. The molecule has 2 aliphatic heterocycles. The maximum absolute atomic E-state index is 12.1. The molecule has 0 spiro atoms. The molecule has 3 amide bonds. The van der Waals surface area contributed by atoms with E-state index in [-0.39, 0.29) is 11.8 Å². The number of likely N-dealkylation sites (tertiary alicyclic amines) is 1. The van der Waals surface area contributed by atoms with Crippen LogP contribution < -0.4 is 16.0 Å². The lowest BCUT2D eigenvalue weighted by atomic mass is 9.79. The third-order valence-electron chi connectivity index (χ3n) is 5.37. The number of urea groups is 1. The Morgan fingerprint density at radius 3 is 2.70 bits per heavy atom. The molecular formula is C18H29N7O2. The number of nitrogens with one attached hydrogen (secondary N) is 3. The Labute approximate surface area is 159 Å². The molecule has 1 unspecified atom stereocenters. The minimum absolute atomic E-state index is 0.120. The van der Waals surface area contributed by atoms with Gasteiger partial charge in [-0.05, 0) is 45.1 Å². The van der Waals surface area contributed by atoms with E-state index < -0.39 is 11.6 Å². The highest BCUT2D eigenvalue weighted by Crippen LogP contribution is 2.30. The van der Waals surface area contributed by atoms with Crippen LogP contribution in [-0.4, -0.2) is 64.3 Å². The molecule has 0 aromatic carbocycles. The Kier molecular flexibility index (Phi) is 5.67. The number of aromatic nitrogens is 2. The van der Waals surface area contributed by atoms with Crippen LogP contribution in [0, 0.1) is 12.8 Å². The molecule has 9 nitrogen and oxygen atoms in total. The van der Waals surface area contributed by atoms with E-state index in [0.29, 0.717) is 6.54 Å². The van der Waals surface area contributed by atoms with Gasteiger partial charge in [0.25, 0.3) is 5.91 Å². The van der Waals surface area contributed by atoms with Crippen LogP contribution in [0.1, 0.15) is 32.3 Å². The number of amides is 3. The van der Waals surface area contributed by atoms with Crippen molar-refractivity contribution in [3.8, 4) is 0 Å². The zero-order chi connectivity index (χ0) is 19.4. The number of aryl methyl sites for hydroxylation is 1. The molecule has 3 rings (SSSR count). The van der Waals surface area contributed by atoms with Gasteiger partial charge in [-0.3, -0.25) is 19.8 Å². The van der Waals surface area contributed by atoms with Gasteiger partial charge in [0.2, 0.25) is 0 Å². The number of carbonyl (C=O) groups is 2. The number of rotatable bonds is 5. The first-order valence-electron chi connectivity index (χ1n) is 9.58. The van der Waals surface area contributed by atoms with Crippen LogP contribution >= 0.6 is 0 Å². The van der Waals surface area contributed by atoms with Crippen molar-refractivity contribution in [1.82, 2.24) is 30.6 Å². The van der Waals surface area contributed by atoms with Crippen molar-refractivity contribution in [3.63, 3.8) is 0 Å². The summed E-state index contributed by atoms with van der Waals surface area (Å²) in [5, 5.41) is 12.8. The second kappa shape index (κ2) is 7.98. The van der Waals surface area contributed by atoms with E-state index in [4.69, 9.17) is 4.99 Å². The first-order valence-corrected chi connectivity index (χ1v) is 9.58. The van der Waals surface area contributed by atoms with E-state index in [9.17, 15) is 9.59 Å². The van der Waals surface area contributed by atoms with Crippen molar-refractivity contribution in [2.75, 3.05) is 26.2 Å². The van der Waals surface area contributed by atoms with Crippen molar-refractivity contribution in [3.05, 3.63) is 18.0 Å². The van der Waals surface area contributed by atoms with Gasteiger partial charge in [0.15, 0.2) is 5.96 Å². The second-order valence-electron chi connectivity index (χ2n) is 7.39. The number of aliphatic imine (C=N–C) groups is 1. The topological polar surface area (TPSA) is 104 Å². The van der Waals surface area contributed by atoms with Crippen LogP contribution in [0.3, 0.4) is 0 Å². The highest BCUT2D eigenvalue weighted by Gasteiger charge is 2.48. The van der Waals surface area contributed by atoms with Crippen LogP contribution in [0.5, 0.6) is 0 Å². The summed E-state index contributed by atoms with van der Waals surface area (Å²) in [6, 6.07) is -0.395. The number of nitrogens with zero attached hydrogens (tertiary/aromatic N) is 4. The summed E-state index contributed by atoms with van der Waals surface area (Å²) < 4.78 is 1.90. The molecule has 0 bridgehead atoms. The number of imide groups is 1. The summed E-state index contributed by atoms with van der Waals surface area (Å²) in [5.41, 5.74) is 0.334. The Hall–Kier alpha value is -2.58. The fourth-order valence-corrected chi connectivity index (χ4v) is 3.79. The average molecular weight is 375 g/mol. The van der Waals surface area contributed by atoms with Gasteiger partial charge in [0.1, 0.15) is 5.54 Å². The van der Waals surface area contributed by atoms with E-state index in [1.165, 1.54) is 0 Å². The molecule has 0 radical (unpaired) electrons. The standard InChI is InChI=1S/C18H29N7O2/c1-4-19-16(20-7-10-25-12-13(2)11-21-25)24-8-5-14(6-9-24)18(3)15(26)22-17(27)23-18/h11-12,14H,4-10H2,1-3H3,(H,19,20)(H2,22,23,26,27). The molecule has 1 atom stereocenters. The number of hydrogen-bond acceptors (Lipinski definition) is 4. The van der Waals surface area contributed by atoms with Crippen molar-refractivity contribution < 1.29 is 9.59 Å². The van der Waals surface area contributed by atoms with Gasteiger partial charge in [-0.25, -0.2) is 4.79 Å². The van der Waals surface area contributed by atoms with Crippen LogP contribution in [0.25, 0.3) is 0 Å². The SMILES string of the molecule is CCNC(=NCCn1cc(C)cn1)N1CCC(C2(C)NC(=O)NC2=O)CC1. The first-order chi connectivity index (χ1) is 12.9. The minimum Gasteiger partial charge on any atom is -0.357 e. The number of hydrogen-bond donors (Lipinski definition) is 3. The molecule has 0 saturated carbocycles. The molecule has 2 aliphatic rings. The van der Waals surface area contributed by atoms with Gasteiger partial charge < -0.3 is 15.5 Å². The quantitative estimate of drug-likeness (QED) is 0.394. The molecule has 27 heavy (non-hydrogen) atoms. The van der Waals surface area contributed by atoms with E-state index in [2.05, 4.69) is 32.9 Å². The van der Waals surface area contributed by atoms with Gasteiger partial charge in [0, 0.05) is 25.8 Å². The monoisotopic (exact) mass is 375 g/mol. The number of carbonyl (C=O) groups excluding carboxylic acids is 2. The third-order valence-corrected chi connectivity index (χ3v) is 5.37. The van der Waals surface area contributed by atoms with Crippen LogP contribution in [-0.2, 0) is 11.3 Å². The van der Waals surface area contributed by atoms with Crippen molar-refractivity contribution >= 4 is 17.9 Å². The molecule has 148 valence electrons. The van der Waals surface area contributed by atoms with E-state index in [1.54, 1.807) is 0 Å². The minimum atomic E-state index is -0.809. The Morgan fingerprint density at radius 2 is 2.15 bits per heavy atom. The molecule has 9 heteroatoms. The maximum atomic E-state index is 12.1. The highest BCUT2D eigenvalue weighted by atomic mass is 16.2. The third kappa shape index (κ3) is 4.23. The number of guanidine groups is 1. The first kappa shape index (κ1) is 19.2. The van der Waals surface area contributed by atoms with E-state index in [0.717, 1.165) is 50.5 Å².